The Bertz CT molecular complexity index is 1560. The lowest BCUT2D eigenvalue weighted by atomic mass is 10.1. The van der Waals surface area contributed by atoms with Gasteiger partial charge in [0.2, 0.25) is 0 Å². The molecule has 4 aromatic rings. The molecule has 0 aliphatic rings. The number of anilines is 2. The van der Waals surface area contributed by atoms with Crippen LogP contribution in [0.1, 0.15) is 5.56 Å². The van der Waals surface area contributed by atoms with Gasteiger partial charge in [0.05, 0.1) is 18.5 Å². The number of hydrogen-bond donors (Lipinski definition) is 3. The first kappa shape index (κ1) is 25.8. The largest absolute Gasteiger partial charge is 0.505 e. The Balaban J connectivity index is 0.000000840. The number of aryl methyl sites for hydroxylation is 1. The Morgan fingerprint density at radius 1 is 0.750 bits per heavy atom. The molecule has 0 aliphatic carbocycles. The fourth-order valence-corrected chi connectivity index (χ4v) is 3.16. The SMILES string of the molecule is COc1cc(N=Nc2ccc(N)cc2)c(C)cc1N=Nc1ccc2ccc(N)cc2c1O.O=S(=O)=O. The lowest BCUT2D eigenvalue weighted by molar-refractivity contribution is 0.416. The number of phenols is 1. The van der Waals surface area contributed by atoms with Crippen LogP contribution in [0.5, 0.6) is 11.5 Å². The lowest BCUT2D eigenvalue weighted by Gasteiger charge is -2.08. The second kappa shape index (κ2) is 11.5. The number of fused-ring (bicyclic) bond motifs is 1. The van der Waals surface area contributed by atoms with E-state index in [1.807, 2.05) is 19.1 Å². The van der Waals surface area contributed by atoms with Gasteiger partial charge in [-0.2, -0.15) is 10.2 Å². The van der Waals surface area contributed by atoms with Gasteiger partial charge in [-0.25, -0.2) is 0 Å². The number of hydrogen-bond acceptors (Lipinski definition) is 11. The van der Waals surface area contributed by atoms with E-state index < -0.39 is 10.6 Å². The van der Waals surface area contributed by atoms with Crippen molar-refractivity contribution in [3.05, 3.63) is 72.3 Å². The fourth-order valence-electron chi connectivity index (χ4n) is 3.16. The van der Waals surface area contributed by atoms with E-state index in [1.54, 1.807) is 61.7 Å². The molecule has 11 nitrogen and oxygen atoms in total. The molecule has 0 saturated heterocycles. The van der Waals surface area contributed by atoms with Crippen LogP contribution in [0.15, 0.2) is 87.2 Å². The molecule has 0 spiro atoms. The molecule has 0 aliphatic heterocycles. The van der Waals surface area contributed by atoms with E-state index in [-0.39, 0.29) is 5.75 Å². The first-order valence-electron chi connectivity index (χ1n) is 10.3. The summed E-state index contributed by atoms with van der Waals surface area (Å²) in [4.78, 5) is 0. The molecule has 5 N–H and O–H groups in total. The highest BCUT2D eigenvalue weighted by atomic mass is 32.2. The number of rotatable bonds is 5. The smallest absolute Gasteiger partial charge is 0.425 e. The third kappa shape index (κ3) is 6.61. The third-order valence-electron chi connectivity index (χ3n) is 4.93. The number of methoxy groups -OCH3 is 1. The number of nitrogens with zero attached hydrogens (tertiary/aromatic N) is 4. The number of nitrogen functional groups attached to an aromatic ring is 2. The number of nitrogens with two attached hydrogens (primary N) is 2. The van der Waals surface area contributed by atoms with Crippen LogP contribution in [0, 0.1) is 6.92 Å². The summed E-state index contributed by atoms with van der Waals surface area (Å²) in [5, 5.41) is 29.1. The minimum atomic E-state index is -3.11. The van der Waals surface area contributed by atoms with Crippen LogP contribution in [0.3, 0.4) is 0 Å². The zero-order chi connectivity index (χ0) is 26.2. The molecular weight excluding hydrogens is 484 g/mol. The first-order valence-corrected chi connectivity index (χ1v) is 11.3. The van der Waals surface area contributed by atoms with Gasteiger partial charge in [0.15, 0.2) is 5.75 Å². The maximum absolute atomic E-state index is 10.6. The minimum Gasteiger partial charge on any atom is -0.505 e. The summed E-state index contributed by atoms with van der Waals surface area (Å²) in [5.74, 6) is 0.498. The first-order chi connectivity index (χ1) is 17.2. The summed E-state index contributed by atoms with van der Waals surface area (Å²) in [6.07, 6.45) is 0. The van der Waals surface area contributed by atoms with Gasteiger partial charge in [-0.15, -0.1) is 22.9 Å². The van der Waals surface area contributed by atoms with Crippen molar-refractivity contribution in [3.63, 3.8) is 0 Å². The van der Waals surface area contributed by atoms with Gasteiger partial charge in [-0.05, 0) is 66.4 Å². The second-order valence-electron chi connectivity index (χ2n) is 7.42. The van der Waals surface area contributed by atoms with Crippen molar-refractivity contribution in [2.45, 2.75) is 6.92 Å². The number of azo groups is 2. The minimum absolute atomic E-state index is 0.0168. The topological polar surface area (TPSA) is 182 Å². The van der Waals surface area contributed by atoms with Gasteiger partial charge in [0, 0.05) is 22.8 Å². The van der Waals surface area contributed by atoms with Crippen molar-refractivity contribution in [3.8, 4) is 11.5 Å². The van der Waals surface area contributed by atoms with Gasteiger partial charge in [-0.3, -0.25) is 0 Å². The quantitative estimate of drug-likeness (QED) is 0.224. The van der Waals surface area contributed by atoms with Gasteiger partial charge < -0.3 is 21.3 Å². The molecule has 0 aromatic heterocycles. The molecule has 0 fully saturated rings. The van der Waals surface area contributed by atoms with E-state index >= 15 is 0 Å². The van der Waals surface area contributed by atoms with Crippen LogP contribution in [-0.4, -0.2) is 24.8 Å². The van der Waals surface area contributed by atoms with Crippen LogP contribution in [0.2, 0.25) is 0 Å². The molecule has 36 heavy (non-hydrogen) atoms. The standard InChI is InChI=1S/C24H22N6O2.O3S/c1-14-11-22(23(32-2)13-21(14)29-27-18-8-6-16(25)7-9-18)30-28-20-10-4-15-3-5-17(26)12-19(15)24(20)31;1-4(2)3/h3-13,31H,25-26H2,1-2H3;. The van der Waals surface area contributed by atoms with E-state index in [2.05, 4.69) is 20.5 Å². The van der Waals surface area contributed by atoms with E-state index in [9.17, 15) is 5.11 Å². The number of benzene rings is 4. The predicted octanol–water partition coefficient (Wildman–Crippen LogP) is 5.85. The Morgan fingerprint density at radius 2 is 1.33 bits per heavy atom. The molecule has 0 atom stereocenters. The Kier molecular flexibility index (Phi) is 8.26. The van der Waals surface area contributed by atoms with Crippen molar-refractivity contribution < 1.29 is 22.5 Å². The molecule has 0 radical (unpaired) electrons. The van der Waals surface area contributed by atoms with Gasteiger partial charge in [0.1, 0.15) is 17.1 Å². The highest BCUT2D eigenvalue weighted by Gasteiger charge is 2.10. The molecular formula is C24H22N6O5S. The Hall–Kier alpha value is -4.84. The molecule has 0 unspecified atom stereocenters. The van der Waals surface area contributed by atoms with Crippen molar-refractivity contribution in [2.24, 2.45) is 20.5 Å². The Morgan fingerprint density at radius 3 is 2.00 bits per heavy atom. The van der Waals surface area contributed by atoms with E-state index in [1.165, 1.54) is 0 Å². The highest BCUT2D eigenvalue weighted by molar-refractivity contribution is 7.59. The average molecular weight is 507 g/mol. The van der Waals surface area contributed by atoms with Crippen molar-refractivity contribution in [2.75, 3.05) is 18.6 Å². The number of phenolic OH excluding ortho intramolecular Hbond substituents is 1. The summed E-state index contributed by atoms with van der Waals surface area (Å²) in [7, 11) is -1.57. The number of ether oxygens (including phenoxy) is 1. The van der Waals surface area contributed by atoms with Crippen molar-refractivity contribution >= 4 is 55.5 Å². The summed E-state index contributed by atoms with van der Waals surface area (Å²) < 4.78 is 30.8. The zero-order valence-corrected chi connectivity index (χ0v) is 20.1. The summed E-state index contributed by atoms with van der Waals surface area (Å²) in [5.41, 5.74) is 15.8. The molecule has 0 saturated carbocycles. The van der Waals surface area contributed by atoms with Crippen molar-refractivity contribution in [1.82, 2.24) is 0 Å². The highest BCUT2D eigenvalue weighted by Crippen LogP contribution is 2.39. The van der Waals surface area contributed by atoms with Crippen LogP contribution >= 0.6 is 0 Å². The van der Waals surface area contributed by atoms with E-state index in [0.29, 0.717) is 45.3 Å². The molecule has 4 rings (SSSR count). The lowest BCUT2D eigenvalue weighted by Crippen LogP contribution is -1.85. The normalized spacial score (nSPS) is 10.9. The molecule has 0 heterocycles. The molecule has 0 bridgehead atoms. The predicted molar refractivity (Wildman–Crippen MR) is 137 cm³/mol. The maximum Gasteiger partial charge on any atom is 0.425 e. The maximum atomic E-state index is 10.6. The van der Waals surface area contributed by atoms with Crippen LogP contribution in [-0.2, 0) is 10.6 Å². The average Bonchev–Trinajstić information content (AvgIpc) is 2.84. The molecule has 0 amide bonds. The third-order valence-corrected chi connectivity index (χ3v) is 4.93. The second-order valence-corrected chi connectivity index (χ2v) is 7.83. The van der Waals surface area contributed by atoms with Crippen LogP contribution in [0.4, 0.5) is 34.1 Å². The zero-order valence-electron chi connectivity index (χ0n) is 19.3. The number of aromatic hydroxyl groups is 1. The summed E-state index contributed by atoms with van der Waals surface area (Å²) >= 11 is 0. The van der Waals surface area contributed by atoms with E-state index in [4.69, 9.17) is 28.8 Å². The molecule has 12 heteroatoms. The fraction of sp³-hybridized carbons (Fsp3) is 0.0833. The van der Waals surface area contributed by atoms with Gasteiger partial charge in [0.25, 0.3) is 0 Å². The van der Waals surface area contributed by atoms with E-state index in [0.717, 1.165) is 10.9 Å². The molecule has 184 valence electrons. The van der Waals surface area contributed by atoms with Gasteiger partial charge in [-0.1, -0.05) is 12.1 Å². The van der Waals surface area contributed by atoms with Crippen LogP contribution in [0.25, 0.3) is 10.8 Å². The summed E-state index contributed by atoms with van der Waals surface area (Å²) in [6, 6.07) is 19.5. The molecule has 4 aromatic carbocycles. The summed E-state index contributed by atoms with van der Waals surface area (Å²) in [6.45, 7) is 1.89. The van der Waals surface area contributed by atoms with Gasteiger partial charge >= 0.3 is 10.6 Å². The van der Waals surface area contributed by atoms with Crippen molar-refractivity contribution in [1.29, 1.82) is 0 Å². The van der Waals surface area contributed by atoms with Crippen LogP contribution < -0.4 is 16.2 Å². The monoisotopic (exact) mass is 506 g/mol. The Labute approximate surface area is 207 Å².